The Labute approximate surface area is 163 Å². The Bertz CT molecular complexity index is 1150. The molecule has 1 aliphatic heterocycles. The predicted molar refractivity (Wildman–Crippen MR) is 106 cm³/mol. The largest absolute Gasteiger partial charge is 0.321 e. The molecule has 144 valence electrons. The third kappa shape index (κ3) is 3.00. The highest BCUT2D eigenvalue weighted by molar-refractivity contribution is 7.89. The smallest absolute Gasteiger partial charge is 0.276 e. The van der Waals surface area contributed by atoms with Gasteiger partial charge in [0, 0.05) is 12.2 Å². The number of nitrogens with one attached hydrogen (secondary N) is 1. The van der Waals surface area contributed by atoms with Gasteiger partial charge in [0.2, 0.25) is 10.0 Å². The van der Waals surface area contributed by atoms with Gasteiger partial charge in [-0.3, -0.25) is 9.36 Å². The van der Waals surface area contributed by atoms with E-state index < -0.39 is 10.0 Å². The van der Waals surface area contributed by atoms with Crippen LogP contribution in [0.25, 0.3) is 5.69 Å². The number of benzene rings is 2. The van der Waals surface area contributed by atoms with E-state index in [0.29, 0.717) is 23.6 Å². The van der Waals surface area contributed by atoms with Crippen LogP contribution in [0.1, 0.15) is 28.7 Å². The number of amides is 1. The number of carbonyl (C=O) groups is 1. The Kier molecular flexibility index (Phi) is 4.52. The third-order valence-electron chi connectivity index (χ3n) is 4.81. The molecule has 1 amide bonds. The van der Waals surface area contributed by atoms with Crippen molar-refractivity contribution < 1.29 is 13.2 Å². The lowest BCUT2D eigenvalue weighted by Crippen LogP contribution is -2.30. The number of aryl methyl sites for hydroxylation is 1. The van der Waals surface area contributed by atoms with Gasteiger partial charge in [-0.15, -0.1) is 0 Å². The summed E-state index contributed by atoms with van der Waals surface area (Å²) in [6.07, 6.45) is 1.51. The van der Waals surface area contributed by atoms with Gasteiger partial charge in [-0.1, -0.05) is 36.8 Å². The topological polar surface area (TPSA) is 84.3 Å². The van der Waals surface area contributed by atoms with E-state index in [1.165, 1.54) is 10.6 Å². The van der Waals surface area contributed by atoms with Crippen LogP contribution < -0.4 is 5.32 Å². The van der Waals surface area contributed by atoms with Gasteiger partial charge in [0.1, 0.15) is 11.2 Å². The van der Waals surface area contributed by atoms with Crippen LogP contribution in [-0.2, 0) is 16.6 Å². The summed E-state index contributed by atoms with van der Waals surface area (Å²) in [4.78, 5) is 17.4. The van der Waals surface area contributed by atoms with E-state index in [0.717, 1.165) is 5.56 Å². The maximum atomic E-state index is 13.0. The molecule has 0 radical (unpaired) electrons. The first-order chi connectivity index (χ1) is 13.4. The van der Waals surface area contributed by atoms with Gasteiger partial charge >= 0.3 is 0 Å². The molecule has 0 saturated carbocycles. The average molecular weight is 396 g/mol. The minimum atomic E-state index is -3.66. The number of para-hydroxylation sites is 1. The standard InChI is InChI=1S/C20H20N4O3S/c1-3-23-12-17-19(20(25)22-15-10-8-14(2)9-11-15)21-13-24(17)16-6-4-5-7-18(16)28(23,26)27/h4-11,13H,3,12H2,1-2H3,(H,22,25). The Balaban J connectivity index is 1.79. The van der Waals surface area contributed by atoms with Crippen molar-refractivity contribution in [3.63, 3.8) is 0 Å². The second-order valence-corrected chi connectivity index (χ2v) is 8.54. The van der Waals surface area contributed by atoms with E-state index in [4.69, 9.17) is 0 Å². The van der Waals surface area contributed by atoms with Gasteiger partial charge in [-0.2, -0.15) is 4.31 Å². The Morgan fingerprint density at radius 3 is 2.57 bits per heavy atom. The summed E-state index contributed by atoms with van der Waals surface area (Å²) in [6.45, 7) is 4.11. The predicted octanol–water partition coefficient (Wildman–Crippen LogP) is 2.96. The van der Waals surface area contributed by atoms with Crippen LogP contribution in [0, 0.1) is 6.92 Å². The molecule has 2 aromatic carbocycles. The van der Waals surface area contributed by atoms with Crippen molar-refractivity contribution in [3.05, 3.63) is 71.8 Å². The Hall–Kier alpha value is -2.97. The normalized spacial score (nSPS) is 15.4. The number of rotatable bonds is 3. The van der Waals surface area contributed by atoms with Crippen molar-refractivity contribution in [1.82, 2.24) is 13.9 Å². The highest BCUT2D eigenvalue weighted by Gasteiger charge is 2.33. The molecule has 0 fully saturated rings. The molecular formula is C20H20N4O3S. The molecule has 1 N–H and O–H groups in total. The van der Waals surface area contributed by atoms with Gasteiger partial charge in [-0.05, 0) is 31.2 Å². The number of anilines is 1. The summed E-state index contributed by atoms with van der Waals surface area (Å²) >= 11 is 0. The van der Waals surface area contributed by atoms with Gasteiger partial charge in [0.05, 0.1) is 17.9 Å². The summed E-state index contributed by atoms with van der Waals surface area (Å²) in [6, 6.07) is 14.2. The minimum absolute atomic E-state index is 0.0736. The van der Waals surface area contributed by atoms with Gasteiger partial charge in [-0.25, -0.2) is 13.4 Å². The molecular weight excluding hydrogens is 376 g/mol. The number of nitrogens with zero attached hydrogens (tertiary/aromatic N) is 3. The van der Waals surface area contributed by atoms with Crippen LogP contribution in [0.2, 0.25) is 0 Å². The van der Waals surface area contributed by atoms with Crippen LogP contribution >= 0.6 is 0 Å². The van der Waals surface area contributed by atoms with E-state index in [1.54, 1.807) is 35.8 Å². The molecule has 3 aromatic rings. The SMILES string of the molecule is CCN1Cc2c(C(=O)Nc3ccc(C)cc3)ncn2-c2ccccc2S1(=O)=O. The zero-order valence-corrected chi connectivity index (χ0v) is 16.4. The van der Waals surface area contributed by atoms with Gasteiger partial charge in [0.25, 0.3) is 5.91 Å². The highest BCUT2D eigenvalue weighted by Crippen LogP contribution is 2.31. The maximum absolute atomic E-state index is 13.0. The first-order valence-electron chi connectivity index (χ1n) is 8.95. The summed E-state index contributed by atoms with van der Waals surface area (Å²) in [7, 11) is -3.66. The second-order valence-electron chi connectivity index (χ2n) is 6.63. The van der Waals surface area contributed by atoms with Crippen molar-refractivity contribution in [2.45, 2.75) is 25.3 Å². The number of hydrogen-bond donors (Lipinski definition) is 1. The fourth-order valence-electron chi connectivity index (χ4n) is 3.30. The molecule has 2 heterocycles. The molecule has 28 heavy (non-hydrogen) atoms. The summed E-state index contributed by atoms with van der Waals surface area (Å²) < 4.78 is 29.1. The monoisotopic (exact) mass is 396 g/mol. The molecule has 0 spiro atoms. The van der Waals surface area contributed by atoms with Crippen LogP contribution in [0.5, 0.6) is 0 Å². The molecule has 8 heteroatoms. The van der Waals surface area contributed by atoms with Crippen molar-refractivity contribution >= 4 is 21.6 Å². The fourth-order valence-corrected chi connectivity index (χ4v) is 4.89. The average Bonchev–Trinajstić information content (AvgIpc) is 3.07. The lowest BCUT2D eigenvalue weighted by molar-refractivity contribution is 0.102. The Morgan fingerprint density at radius 2 is 1.86 bits per heavy atom. The minimum Gasteiger partial charge on any atom is -0.321 e. The molecule has 7 nitrogen and oxygen atoms in total. The first kappa shape index (κ1) is 18.4. The molecule has 0 aliphatic carbocycles. The number of hydrogen-bond acceptors (Lipinski definition) is 4. The Morgan fingerprint density at radius 1 is 1.14 bits per heavy atom. The quantitative estimate of drug-likeness (QED) is 0.738. The molecule has 1 aromatic heterocycles. The molecule has 0 saturated heterocycles. The van der Waals surface area contributed by atoms with Gasteiger partial charge in [0.15, 0.2) is 5.69 Å². The summed E-state index contributed by atoms with van der Waals surface area (Å²) in [5.41, 5.74) is 3.00. The van der Waals surface area contributed by atoms with Crippen LogP contribution in [0.3, 0.4) is 0 Å². The molecule has 0 atom stereocenters. The zero-order chi connectivity index (χ0) is 19.9. The van der Waals surface area contributed by atoms with E-state index in [9.17, 15) is 13.2 Å². The number of imidazole rings is 1. The van der Waals surface area contributed by atoms with Crippen molar-refractivity contribution in [2.75, 3.05) is 11.9 Å². The lowest BCUT2D eigenvalue weighted by Gasteiger charge is -2.18. The third-order valence-corrected chi connectivity index (χ3v) is 6.78. The number of sulfonamides is 1. The van der Waals surface area contributed by atoms with Crippen molar-refractivity contribution in [3.8, 4) is 5.69 Å². The first-order valence-corrected chi connectivity index (χ1v) is 10.4. The van der Waals surface area contributed by atoms with Crippen LogP contribution in [0.4, 0.5) is 5.69 Å². The lowest BCUT2D eigenvalue weighted by atomic mass is 10.2. The van der Waals surface area contributed by atoms with Gasteiger partial charge < -0.3 is 5.32 Å². The number of aromatic nitrogens is 2. The van der Waals surface area contributed by atoms with Crippen LogP contribution in [-0.4, -0.2) is 34.7 Å². The van der Waals surface area contributed by atoms with Crippen LogP contribution in [0.15, 0.2) is 59.8 Å². The number of carbonyl (C=O) groups excluding carboxylic acids is 1. The zero-order valence-electron chi connectivity index (χ0n) is 15.6. The highest BCUT2D eigenvalue weighted by atomic mass is 32.2. The van der Waals surface area contributed by atoms with E-state index in [2.05, 4.69) is 10.3 Å². The van der Waals surface area contributed by atoms with Crippen molar-refractivity contribution in [2.24, 2.45) is 0 Å². The van der Waals surface area contributed by atoms with Crippen molar-refractivity contribution in [1.29, 1.82) is 0 Å². The molecule has 0 unspecified atom stereocenters. The molecule has 4 rings (SSSR count). The summed E-state index contributed by atoms with van der Waals surface area (Å²) in [5, 5.41) is 2.84. The second kappa shape index (κ2) is 6.88. The fraction of sp³-hybridized carbons (Fsp3) is 0.200. The number of fused-ring (bicyclic) bond motifs is 3. The maximum Gasteiger partial charge on any atom is 0.276 e. The summed E-state index contributed by atoms with van der Waals surface area (Å²) in [5.74, 6) is -0.370. The van der Waals surface area contributed by atoms with E-state index >= 15 is 0 Å². The molecule has 1 aliphatic rings. The molecule has 0 bridgehead atoms. The van der Waals surface area contributed by atoms with E-state index in [1.807, 2.05) is 31.2 Å². The van der Waals surface area contributed by atoms with E-state index in [-0.39, 0.29) is 23.0 Å².